The molecule has 1 aliphatic heterocycles. The van der Waals surface area contributed by atoms with Gasteiger partial charge in [-0.05, 0) is 48.9 Å². The Morgan fingerprint density at radius 2 is 1.84 bits per heavy atom. The molecule has 0 atom stereocenters. The summed E-state index contributed by atoms with van der Waals surface area (Å²) in [5.74, 6) is 0.801. The van der Waals surface area contributed by atoms with Gasteiger partial charge in [-0.25, -0.2) is 4.98 Å². The molecule has 32 heavy (non-hydrogen) atoms. The summed E-state index contributed by atoms with van der Waals surface area (Å²) >= 11 is 0. The molecule has 0 spiro atoms. The van der Waals surface area contributed by atoms with Crippen LogP contribution in [-0.4, -0.2) is 22.6 Å². The fourth-order valence-corrected chi connectivity index (χ4v) is 3.66. The average Bonchev–Trinajstić information content (AvgIpc) is 3.27. The summed E-state index contributed by atoms with van der Waals surface area (Å²) in [6.45, 7) is 1.92. The molecular weight excluding hydrogens is 410 g/mol. The first-order valence-electron chi connectivity index (χ1n) is 9.86. The highest BCUT2D eigenvalue weighted by molar-refractivity contribution is 6.13. The number of nitro benzene ring substituents is 1. The first kappa shape index (κ1) is 19.5. The molecule has 8 nitrogen and oxygen atoms in total. The Morgan fingerprint density at radius 1 is 1.03 bits per heavy atom. The van der Waals surface area contributed by atoms with Gasteiger partial charge in [-0.1, -0.05) is 24.3 Å². The second-order valence-corrected chi connectivity index (χ2v) is 7.37. The summed E-state index contributed by atoms with van der Waals surface area (Å²) in [5, 5.41) is 14.8. The summed E-state index contributed by atoms with van der Waals surface area (Å²) in [5.41, 5.74) is 3.03. The molecule has 3 aromatic carbocycles. The smallest absolute Gasteiger partial charge is 0.293 e. The van der Waals surface area contributed by atoms with Crippen molar-refractivity contribution in [3.63, 3.8) is 0 Å². The number of hydrogen-bond donors (Lipinski definition) is 1. The fraction of sp³-hybridized carbons (Fsp3) is 0.0833. The van der Waals surface area contributed by atoms with E-state index in [9.17, 15) is 14.9 Å². The van der Waals surface area contributed by atoms with E-state index >= 15 is 0 Å². The van der Waals surface area contributed by atoms with Gasteiger partial charge in [0.05, 0.1) is 21.7 Å². The van der Waals surface area contributed by atoms with E-state index in [1.165, 1.54) is 12.1 Å². The second-order valence-electron chi connectivity index (χ2n) is 7.37. The molecule has 8 heteroatoms. The Bertz CT molecular complexity index is 1400. The number of hydrogen-bond acceptors (Lipinski definition) is 6. The Balaban J connectivity index is 1.59. The monoisotopic (exact) mass is 427 g/mol. The number of aryl methyl sites for hydroxylation is 1. The fourth-order valence-electron chi connectivity index (χ4n) is 3.66. The van der Waals surface area contributed by atoms with Gasteiger partial charge in [0.1, 0.15) is 5.69 Å². The van der Waals surface area contributed by atoms with Gasteiger partial charge in [0.15, 0.2) is 11.5 Å². The van der Waals surface area contributed by atoms with E-state index < -0.39 is 10.8 Å². The van der Waals surface area contributed by atoms with E-state index in [1.807, 2.05) is 30.3 Å². The number of benzene rings is 3. The molecule has 0 saturated heterocycles. The first-order chi connectivity index (χ1) is 15.5. The number of pyridine rings is 1. The minimum Gasteiger partial charge on any atom is -0.454 e. The molecule has 158 valence electrons. The van der Waals surface area contributed by atoms with Crippen molar-refractivity contribution in [2.45, 2.75) is 6.92 Å². The highest BCUT2D eigenvalue weighted by atomic mass is 16.7. The molecule has 0 unspecified atom stereocenters. The topological polar surface area (TPSA) is 104 Å². The lowest BCUT2D eigenvalue weighted by atomic mass is 10.0. The van der Waals surface area contributed by atoms with E-state index in [-0.39, 0.29) is 18.2 Å². The molecule has 0 fully saturated rings. The van der Waals surface area contributed by atoms with Crippen LogP contribution in [0, 0.1) is 17.0 Å². The van der Waals surface area contributed by atoms with Gasteiger partial charge in [-0.15, -0.1) is 0 Å². The Labute approximate surface area is 182 Å². The number of nitro groups is 1. The van der Waals surface area contributed by atoms with Crippen molar-refractivity contribution in [2.24, 2.45) is 0 Å². The number of nitrogens with zero attached hydrogens (tertiary/aromatic N) is 2. The minimum absolute atomic E-state index is 0.135. The molecule has 0 aliphatic carbocycles. The summed E-state index contributed by atoms with van der Waals surface area (Å²) < 4.78 is 10.8. The van der Waals surface area contributed by atoms with E-state index in [0.717, 1.165) is 11.1 Å². The van der Waals surface area contributed by atoms with Gasteiger partial charge in [0.2, 0.25) is 6.79 Å². The number of rotatable bonds is 4. The van der Waals surface area contributed by atoms with Crippen molar-refractivity contribution in [1.82, 2.24) is 4.98 Å². The number of aromatic nitrogens is 1. The van der Waals surface area contributed by atoms with Crippen LogP contribution < -0.4 is 14.8 Å². The lowest BCUT2D eigenvalue weighted by molar-refractivity contribution is -0.384. The Morgan fingerprint density at radius 3 is 2.69 bits per heavy atom. The predicted molar refractivity (Wildman–Crippen MR) is 119 cm³/mol. The first-order valence-corrected chi connectivity index (χ1v) is 9.86. The standard InChI is InChI=1S/C24H17N3O5/c1-14-6-8-19(21(10-14)27(29)30)26-24(28)17-12-20(25-18-5-3-2-4-16(17)18)15-7-9-22-23(11-15)32-13-31-22/h2-12H,13H2,1H3,(H,26,28). The molecule has 1 N–H and O–H groups in total. The SMILES string of the molecule is Cc1ccc(NC(=O)c2cc(-c3ccc4c(c3)OCO4)nc3ccccc23)c([N+](=O)[O-])c1. The lowest BCUT2D eigenvalue weighted by Gasteiger charge is -2.11. The lowest BCUT2D eigenvalue weighted by Crippen LogP contribution is -2.14. The summed E-state index contributed by atoms with van der Waals surface area (Å²) in [4.78, 5) is 28.9. The summed E-state index contributed by atoms with van der Waals surface area (Å²) in [6, 6.07) is 19.1. The Hall–Kier alpha value is -4.46. The van der Waals surface area contributed by atoms with Gasteiger partial charge in [-0.2, -0.15) is 0 Å². The number of ether oxygens (including phenoxy) is 2. The quantitative estimate of drug-likeness (QED) is 0.359. The molecule has 1 aromatic heterocycles. The second kappa shape index (κ2) is 7.66. The molecule has 0 saturated carbocycles. The van der Waals surface area contributed by atoms with Crippen LogP contribution in [0.5, 0.6) is 11.5 Å². The molecule has 4 aromatic rings. The number of carbonyl (C=O) groups is 1. The maximum absolute atomic E-state index is 13.3. The third kappa shape index (κ3) is 3.47. The predicted octanol–water partition coefficient (Wildman–Crippen LogP) is 5.10. The van der Waals surface area contributed by atoms with Gasteiger partial charge < -0.3 is 14.8 Å². The maximum Gasteiger partial charge on any atom is 0.293 e. The van der Waals surface area contributed by atoms with Gasteiger partial charge in [0, 0.05) is 17.0 Å². The molecule has 5 rings (SSSR count). The number of anilines is 1. The van der Waals surface area contributed by atoms with Crippen LogP contribution in [-0.2, 0) is 0 Å². The minimum atomic E-state index is -0.509. The van der Waals surface area contributed by atoms with Crippen molar-refractivity contribution in [1.29, 1.82) is 0 Å². The molecule has 0 radical (unpaired) electrons. The molecular formula is C24H17N3O5. The van der Waals surface area contributed by atoms with Gasteiger partial charge in [-0.3, -0.25) is 14.9 Å². The molecule has 1 amide bonds. The molecule has 1 aliphatic rings. The van der Waals surface area contributed by atoms with Crippen LogP contribution in [0.3, 0.4) is 0 Å². The highest BCUT2D eigenvalue weighted by Crippen LogP contribution is 2.36. The van der Waals surface area contributed by atoms with Crippen LogP contribution in [0.25, 0.3) is 22.2 Å². The van der Waals surface area contributed by atoms with Gasteiger partial charge >= 0.3 is 0 Å². The van der Waals surface area contributed by atoms with Crippen molar-refractivity contribution in [3.05, 3.63) is 88.0 Å². The zero-order chi connectivity index (χ0) is 22.2. The molecule has 2 heterocycles. The van der Waals surface area contributed by atoms with Gasteiger partial charge in [0.25, 0.3) is 11.6 Å². The number of amides is 1. The highest BCUT2D eigenvalue weighted by Gasteiger charge is 2.20. The summed E-state index contributed by atoms with van der Waals surface area (Å²) in [6.07, 6.45) is 0. The van der Waals surface area contributed by atoms with Crippen LogP contribution in [0.1, 0.15) is 15.9 Å². The third-order valence-electron chi connectivity index (χ3n) is 5.23. The Kier molecular flexibility index (Phi) is 4.67. The zero-order valence-corrected chi connectivity index (χ0v) is 17.0. The van der Waals surface area contributed by atoms with E-state index in [2.05, 4.69) is 5.32 Å². The number of para-hydroxylation sites is 1. The number of fused-ring (bicyclic) bond motifs is 2. The van der Waals surface area contributed by atoms with E-state index in [1.54, 1.807) is 31.2 Å². The zero-order valence-electron chi connectivity index (χ0n) is 17.0. The van der Waals surface area contributed by atoms with E-state index in [4.69, 9.17) is 14.5 Å². The maximum atomic E-state index is 13.3. The van der Waals surface area contributed by atoms with Crippen LogP contribution in [0.2, 0.25) is 0 Å². The van der Waals surface area contributed by atoms with Crippen molar-refractivity contribution in [3.8, 4) is 22.8 Å². The normalized spacial score (nSPS) is 12.0. The van der Waals surface area contributed by atoms with Crippen LogP contribution in [0.15, 0.2) is 66.7 Å². The van der Waals surface area contributed by atoms with Crippen molar-refractivity contribution < 1.29 is 19.2 Å². The number of nitrogens with one attached hydrogen (secondary N) is 1. The van der Waals surface area contributed by atoms with Crippen LogP contribution >= 0.6 is 0 Å². The number of carbonyl (C=O) groups excluding carboxylic acids is 1. The largest absolute Gasteiger partial charge is 0.454 e. The van der Waals surface area contributed by atoms with Crippen molar-refractivity contribution in [2.75, 3.05) is 12.1 Å². The van der Waals surface area contributed by atoms with E-state index in [0.29, 0.717) is 33.7 Å². The molecule has 0 bridgehead atoms. The van der Waals surface area contributed by atoms with Crippen LogP contribution in [0.4, 0.5) is 11.4 Å². The summed E-state index contributed by atoms with van der Waals surface area (Å²) in [7, 11) is 0. The van der Waals surface area contributed by atoms with Crippen molar-refractivity contribution >= 4 is 28.2 Å². The third-order valence-corrected chi connectivity index (χ3v) is 5.23. The average molecular weight is 427 g/mol.